The highest BCUT2D eigenvalue weighted by molar-refractivity contribution is 7.12. The third-order valence-corrected chi connectivity index (χ3v) is 6.94. The molecule has 38 heavy (non-hydrogen) atoms. The molecule has 0 aliphatic rings. The number of amides is 1. The summed E-state index contributed by atoms with van der Waals surface area (Å²) in [5.74, 6) is -0.841. The molecule has 1 N–H and O–H groups in total. The molecule has 0 bridgehead atoms. The van der Waals surface area contributed by atoms with Crippen molar-refractivity contribution in [2.24, 2.45) is 0 Å². The van der Waals surface area contributed by atoms with Crippen molar-refractivity contribution in [3.05, 3.63) is 102 Å². The molecule has 1 amide bonds. The number of aromatic nitrogens is 5. The van der Waals surface area contributed by atoms with Crippen molar-refractivity contribution in [2.75, 3.05) is 0 Å². The van der Waals surface area contributed by atoms with E-state index in [0.717, 1.165) is 33.4 Å². The van der Waals surface area contributed by atoms with E-state index in [4.69, 9.17) is 0 Å². The SMILES string of the molecule is O=C(NC(c1ccccn1)C(F)(F)F)c1cc(-c2cnn3cc(-c4ccc5ncccc5c4)cnc23)cs1. The first kappa shape index (κ1) is 23.7. The van der Waals surface area contributed by atoms with E-state index in [9.17, 15) is 18.0 Å². The summed E-state index contributed by atoms with van der Waals surface area (Å²) in [6, 6.07) is 13.3. The molecule has 0 aliphatic heterocycles. The van der Waals surface area contributed by atoms with Gasteiger partial charge in [0.2, 0.25) is 0 Å². The maximum absolute atomic E-state index is 13.6. The summed E-state index contributed by atoms with van der Waals surface area (Å²) in [5.41, 5.74) is 4.28. The monoisotopic (exact) mass is 530 g/mol. The third kappa shape index (κ3) is 4.48. The van der Waals surface area contributed by atoms with Crippen LogP contribution in [0.25, 0.3) is 38.8 Å². The molecule has 1 atom stereocenters. The van der Waals surface area contributed by atoms with Crippen LogP contribution in [0, 0.1) is 0 Å². The number of hydrogen-bond donors (Lipinski definition) is 1. The number of nitrogens with zero attached hydrogens (tertiary/aromatic N) is 5. The van der Waals surface area contributed by atoms with Gasteiger partial charge in [-0.05, 0) is 52.9 Å². The van der Waals surface area contributed by atoms with E-state index in [1.807, 2.05) is 36.5 Å². The van der Waals surface area contributed by atoms with E-state index >= 15 is 0 Å². The van der Waals surface area contributed by atoms with E-state index < -0.39 is 18.1 Å². The first-order valence-electron chi connectivity index (χ1n) is 11.4. The van der Waals surface area contributed by atoms with Crippen molar-refractivity contribution in [2.45, 2.75) is 12.2 Å². The van der Waals surface area contributed by atoms with Crippen molar-refractivity contribution in [1.29, 1.82) is 0 Å². The Morgan fingerprint density at radius 3 is 2.61 bits per heavy atom. The lowest BCUT2D eigenvalue weighted by Gasteiger charge is -2.20. The fourth-order valence-electron chi connectivity index (χ4n) is 4.15. The molecular formula is C27H17F3N6OS. The zero-order chi connectivity index (χ0) is 26.3. The van der Waals surface area contributed by atoms with E-state index in [2.05, 4.69) is 25.4 Å². The molecule has 0 aliphatic carbocycles. The Balaban J connectivity index is 1.27. The lowest BCUT2D eigenvalue weighted by Crippen LogP contribution is -2.38. The Hall–Kier alpha value is -4.64. The van der Waals surface area contributed by atoms with Gasteiger partial charge in [0.1, 0.15) is 0 Å². The lowest BCUT2D eigenvalue weighted by molar-refractivity contribution is -0.156. The summed E-state index contributed by atoms with van der Waals surface area (Å²) in [6.45, 7) is 0. The number of nitrogens with one attached hydrogen (secondary N) is 1. The average Bonchev–Trinajstić information content (AvgIpc) is 3.58. The van der Waals surface area contributed by atoms with Gasteiger partial charge in [-0.3, -0.25) is 14.8 Å². The number of carbonyl (C=O) groups excluding carboxylic acids is 1. The molecule has 1 unspecified atom stereocenters. The van der Waals surface area contributed by atoms with Crippen LogP contribution in [0.2, 0.25) is 0 Å². The van der Waals surface area contributed by atoms with Crippen LogP contribution in [0.3, 0.4) is 0 Å². The zero-order valence-electron chi connectivity index (χ0n) is 19.4. The van der Waals surface area contributed by atoms with Crippen LogP contribution in [0.4, 0.5) is 13.2 Å². The Morgan fingerprint density at radius 1 is 0.921 bits per heavy atom. The molecule has 5 heterocycles. The van der Waals surface area contributed by atoms with Crippen molar-refractivity contribution < 1.29 is 18.0 Å². The highest BCUT2D eigenvalue weighted by Crippen LogP contribution is 2.34. The Bertz CT molecular complexity index is 1780. The number of hydrogen-bond acceptors (Lipinski definition) is 6. The molecule has 1 aromatic carbocycles. The van der Waals surface area contributed by atoms with Gasteiger partial charge in [-0.15, -0.1) is 11.3 Å². The summed E-state index contributed by atoms with van der Waals surface area (Å²) in [5, 5.41) is 9.17. The molecule has 0 saturated carbocycles. The molecule has 11 heteroatoms. The smallest absolute Gasteiger partial charge is 0.335 e. The Labute approximate surface area is 217 Å². The van der Waals surface area contributed by atoms with Crippen LogP contribution >= 0.6 is 11.3 Å². The molecule has 6 rings (SSSR count). The van der Waals surface area contributed by atoms with E-state index in [1.54, 1.807) is 28.5 Å². The van der Waals surface area contributed by atoms with Crippen LogP contribution in [0.1, 0.15) is 21.4 Å². The fourth-order valence-corrected chi connectivity index (χ4v) is 4.96. The summed E-state index contributed by atoms with van der Waals surface area (Å²) in [4.78, 5) is 25.6. The number of fused-ring (bicyclic) bond motifs is 2. The fraction of sp³-hybridized carbons (Fsp3) is 0.0741. The van der Waals surface area contributed by atoms with Crippen LogP contribution in [-0.2, 0) is 0 Å². The van der Waals surface area contributed by atoms with Gasteiger partial charge in [0.05, 0.1) is 22.3 Å². The minimum atomic E-state index is -4.70. The molecule has 5 aromatic heterocycles. The molecule has 0 saturated heterocycles. The van der Waals surface area contributed by atoms with Crippen LogP contribution in [0.5, 0.6) is 0 Å². The average molecular weight is 531 g/mol. The van der Waals surface area contributed by atoms with Gasteiger partial charge in [0.15, 0.2) is 11.7 Å². The first-order chi connectivity index (χ1) is 18.4. The molecule has 188 valence electrons. The Morgan fingerprint density at radius 2 is 1.79 bits per heavy atom. The maximum atomic E-state index is 13.6. The predicted octanol–water partition coefficient (Wildman–Crippen LogP) is 6.10. The van der Waals surface area contributed by atoms with Crippen molar-refractivity contribution in [1.82, 2.24) is 29.9 Å². The number of carbonyl (C=O) groups is 1. The molecule has 0 spiro atoms. The van der Waals surface area contributed by atoms with Crippen LogP contribution in [0.15, 0.2) is 91.0 Å². The normalized spacial score (nSPS) is 12.6. The summed E-state index contributed by atoms with van der Waals surface area (Å²) in [7, 11) is 0. The maximum Gasteiger partial charge on any atom is 0.414 e. The van der Waals surface area contributed by atoms with Gasteiger partial charge >= 0.3 is 6.18 Å². The highest BCUT2D eigenvalue weighted by atomic mass is 32.1. The molecule has 7 nitrogen and oxygen atoms in total. The molecule has 0 fully saturated rings. The van der Waals surface area contributed by atoms with Gasteiger partial charge in [-0.2, -0.15) is 18.3 Å². The minimum absolute atomic E-state index is 0.130. The van der Waals surface area contributed by atoms with Gasteiger partial charge < -0.3 is 5.32 Å². The first-order valence-corrected chi connectivity index (χ1v) is 12.3. The summed E-state index contributed by atoms with van der Waals surface area (Å²) in [6.07, 6.45) is 3.51. The van der Waals surface area contributed by atoms with Crippen molar-refractivity contribution >= 4 is 33.8 Å². The summed E-state index contributed by atoms with van der Waals surface area (Å²) < 4.78 is 42.6. The number of benzene rings is 1. The number of alkyl halides is 3. The topological polar surface area (TPSA) is 85.1 Å². The van der Waals surface area contributed by atoms with E-state index in [-0.39, 0.29) is 10.6 Å². The van der Waals surface area contributed by atoms with Crippen molar-refractivity contribution in [3.63, 3.8) is 0 Å². The molecule has 0 radical (unpaired) electrons. The van der Waals surface area contributed by atoms with Gasteiger partial charge in [-0.25, -0.2) is 9.50 Å². The number of thiophene rings is 1. The molecular weight excluding hydrogens is 513 g/mol. The zero-order valence-corrected chi connectivity index (χ0v) is 20.2. The summed E-state index contributed by atoms with van der Waals surface area (Å²) >= 11 is 1.04. The molecule has 6 aromatic rings. The van der Waals surface area contributed by atoms with E-state index in [0.29, 0.717) is 16.8 Å². The standard InChI is InChI=1S/C27H17F3N6OS/c28-27(29,30)24(22-5-1-2-8-32-22)35-26(37)23-11-18(15-38-23)20-13-34-36-14-19(12-33-25(20)36)16-6-7-21-17(10-16)4-3-9-31-21/h1-15,24H,(H,35,37). The van der Waals surface area contributed by atoms with Crippen LogP contribution < -0.4 is 5.32 Å². The predicted molar refractivity (Wildman–Crippen MR) is 138 cm³/mol. The highest BCUT2D eigenvalue weighted by Gasteiger charge is 2.43. The number of pyridine rings is 2. The van der Waals surface area contributed by atoms with Gasteiger partial charge in [0.25, 0.3) is 5.91 Å². The van der Waals surface area contributed by atoms with Crippen LogP contribution in [-0.4, -0.2) is 36.6 Å². The second-order valence-electron chi connectivity index (χ2n) is 8.48. The second kappa shape index (κ2) is 9.34. The largest absolute Gasteiger partial charge is 0.414 e. The van der Waals surface area contributed by atoms with E-state index in [1.165, 1.54) is 30.5 Å². The lowest BCUT2D eigenvalue weighted by atomic mass is 10.1. The van der Waals surface area contributed by atoms with Gasteiger partial charge in [0, 0.05) is 41.3 Å². The van der Waals surface area contributed by atoms with Crippen molar-refractivity contribution in [3.8, 4) is 22.3 Å². The second-order valence-corrected chi connectivity index (χ2v) is 9.39. The van der Waals surface area contributed by atoms with Gasteiger partial charge in [-0.1, -0.05) is 18.2 Å². The minimum Gasteiger partial charge on any atom is -0.335 e. The number of halogens is 3. The quantitative estimate of drug-likeness (QED) is 0.291. The third-order valence-electron chi connectivity index (χ3n) is 6.01. The number of rotatable bonds is 5. The Kier molecular flexibility index (Phi) is 5.84.